The Kier molecular flexibility index (Phi) is 3.72. The number of amides is 1. The van der Waals surface area contributed by atoms with Crippen molar-refractivity contribution < 1.29 is 9.18 Å². The number of hydrogen-bond acceptors (Lipinski definition) is 2. The summed E-state index contributed by atoms with van der Waals surface area (Å²) in [5, 5.41) is 2.71. The zero-order valence-electron chi connectivity index (χ0n) is 9.58. The van der Waals surface area contributed by atoms with Crippen molar-refractivity contribution in [3.05, 3.63) is 58.1 Å². The van der Waals surface area contributed by atoms with Gasteiger partial charge in [-0.3, -0.25) is 9.78 Å². The van der Waals surface area contributed by atoms with E-state index < -0.39 is 5.82 Å². The van der Waals surface area contributed by atoms with Crippen LogP contribution in [0.15, 0.2) is 41.1 Å². The number of anilines is 1. The number of carbonyl (C=O) groups excluding carboxylic acids is 1. The van der Waals surface area contributed by atoms with E-state index in [0.29, 0.717) is 5.69 Å². The van der Waals surface area contributed by atoms with E-state index in [1.165, 1.54) is 6.20 Å². The lowest BCUT2D eigenvalue weighted by Gasteiger charge is -2.08. The predicted molar refractivity (Wildman–Crippen MR) is 71.0 cm³/mol. The second-order valence-corrected chi connectivity index (χ2v) is 4.72. The highest BCUT2D eigenvalue weighted by atomic mass is 79.9. The minimum atomic E-state index is -0.532. The summed E-state index contributed by atoms with van der Waals surface area (Å²) in [6.45, 7) is 1.88. The van der Waals surface area contributed by atoms with Crippen LogP contribution in [0.25, 0.3) is 0 Å². The zero-order valence-corrected chi connectivity index (χ0v) is 11.2. The third-order valence-corrected chi connectivity index (χ3v) is 2.90. The van der Waals surface area contributed by atoms with Crippen LogP contribution in [0.2, 0.25) is 0 Å². The second-order valence-electron chi connectivity index (χ2n) is 3.81. The number of nitrogens with zero attached hydrogens (tertiary/aromatic N) is 1. The molecule has 1 N–H and O–H groups in total. The number of pyridine rings is 1. The number of aromatic nitrogens is 1. The number of aryl methyl sites for hydroxylation is 1. The van der Waals surface area contributed by atoms with Crippen LogP contribution in [0.1, 0.15) is 15.9 Å². The van der Waals surface area contributed by atoms with Crippen molar-refractivity contribution in [3.63, 3.8) is 0 Å². The van der Waals surface area contributed by atoms with Gasteiger partial charge in [-0.25, -0.2) is 4.39 Å². The van der Waals surface area contributed by atoms with E-state index in [2.05, 4.69) is 26.2 Å². The fourth-order valence-electron chi connectivity index (χ4n) is 1.50. The van der Waals surface area contributed by atoms with Crippen LogP contribution >= 0.6 is 15.9 Å². The van der Waals surface area contributed by atoms with Crippen molar-refractivity contribution in [2.24, 2.45) is 0 Å². The maximum absolute atomic E-state index is 12.9. The predicted octanol–water partition coefficient (Wildman–Crippen LogP) is 3.54. The normalized spacial score (nSPS) is 10.2. The summed E-state index contributed by atoms with van der Waals surface area (Å²) in [6.07, 6.45) is 2.38. The molecule has 0 aliphatic carbocycles. The number of benzene rings is 1. The molecule has 18 heavy (non-hydrogen) atoms. The maximum Gasteiger partial charge on any atom is 0.257 e. The minimum Gasteiger partial charge on any atom is -0.322 e. The molecule has 0 aliphatic heterocycles. The van der Waals surface area contributed by atoms with Gasteiger partial charge in [0, 0.05) is 16.4 Å². The van der Waals surface area contributed by atoms with Gasteiger partial charge in [-0.05, 0) is 36.8 Å². The molecule has 2 rings (SSSR count). The molecule has 0 radical (unpaired) electrons. The Balaban J connectivity index is 2.21. The summed E-state index contributed by atoms with van der Waals surface area (Å²) in [5.74, 6) is -0.914. The summed E-state index contributed by atoms with van der Waals surface area (Å²) in [4.78, 5) is 15.5. The molecule has 0 unspecified atom stereocenters. The highest BCUT2D eigenvalue weighted by molar-refractivity contribution is 9.10. The van der Waals surface area contributed by atoms with Crippen LogP contribution in [0, 0.1) is 12.7 Å². The van der Waals surface area contributed by atoms with Crippen molar-refractivity contribution in [1.82, 2.24) is 4.98 Å². The van der Waals surface area contributed by atoms with Crippen LogP contribution in [0.3, 0.4) is 0 Å². The van der Waals surface area contributed by atoms with E-state index in [0.717, 1.165) is 22.3 Å². The monoisotopic (exact) mass is 308 g/mol. The molecule has 0 bridgehead atoms. The summed E-state index contributed by atoms with van der Waals surface area (Å²) in [7, 11) is 0. The molecule has 5 heteroatoms. The SMILES string of the molecule is Cc1cc(Br)ccc1NC(=O)c1cncc(F)c1. The lowest BCUT2D eigenvalue weighted by atomic mass is 10.2. The Labute approximate surface area is 112 Å². The van der Waals surface area contributed by atoms with E-state index >= 15 is 0 Å². The molecule has 1 aromatic heterocycles. The van der Waals surface area contributed by atoms with Crippen molar-refractivity contribution in [2.75, 3.05) is 5.32 Å². The summed E-state index contributed by atoms with van der Waals surface area (Å²) in [6, 6.07) is 6.65. The van der Waals surface area contributed by atoms with E-state index in [4.69, 9.17) is 0 Å². The van der Waals surface area contributed by atoms with Gasteiger partial charge >= 0.3 is 0 Å². The number of carbonyl (C=O) groups is 1. The van der Waals surface area contributed by atoms with Crippen molar-refractivity contribution in [1.29, 1.82) is 0 Å². The fraction of sp³-hybridized carbons (Fsp3) is 0.0769. The quantitative estimate of drug-likeness (QED) is 0.922. The molecule has 1 heterocycles. The van der Waals surface area contributed by atoms with Crippen molar-refractivity contribution in [3.8, 4) is 0 Å². The van der Waals surface area contributed by atoms with Crippen molar-refractivity contribution >= 4 is 27.5 Å². The third kappa shape index (κ3) is 2.92. The highest BCUT2D eigenvalue weighted by Gasteiger charge is 2.09. The summed E-state index contributed by atoms with van der Waals surface area (Å²) < 4.78 is 13.9. The Bertz CT molecular complexity index is 601. The van der Waals surface area contributed by atoms with Crippen LogP contribution in [0.5, 0.6) is 0 Å². The van der Waals surface area contributed by atoms with Gasteiger partial charge in [0.15, 0.2) is 0 Å². The number of halogens is 2. The summed E-state index contributed by atoms with van der Waals surface area (Å²) in [5.41, 5.74) is 1.80. The van der Waals surface area contributed by atoms with E-state index in [1.807, 2.05) is 19.1 Å². The molecule has 0 aliphatic rings. The van der Waals surface area contributed by atoms with Gasteiger partial charge in [0.1, 0.15) is 5.82 Å². The topological polar surface area (TPSA) is 42.0 Å². The molecule has 1 aromatic carbocycles. The minimum absolute atomic E-state index is 0.192. The first kappa shape index (κ1) is 12.7. The Morgan fingerprint density at radius 3 is 2.78 bits per heavy atom. The average molecular weight is 309 g/mol. The molecular formula is C13H10BrFN2O. The molecular weight excluding hydrogens is 299 g/mol. The number of rotatable bonds is 2. The van der Waals surface area contributed by atoms with Gasteiger partial charge in [0.05, 0.1) is 11.8 Å². The second kappa shape index (κ2) is 5.27. The van der Waals surface area contributed by atoms with Gasteiger partial charge in [-0.15, -0.1) is 0 Å². The third-order valence-electron chi connectivity index (χ3n) is 2.40. The lowest BCUT2D eigenvalue weighted by molar-refractivity contribution is 0.102. The largest absolute Gasteiger partial charge is 0.322 e. The molecule has 92 valence electrons. The van der Waals surface area contributed by atoms with Gasteiger partial charge in [0.2, 0.25) is 0 Å². The van der Waals surface area contributed by atoms with Gasteiger partial charge in [0.25, 0.3) is 5.91 Å². The van der Waals surface area contributed by atoms with Gasteiger partial charge in [-0.2, -0.15) is 0 Å². The lowest BCUT2D eigenvalue weighted by Crippen LogP contribution is -2.13. The molecule has 3 nitrogen and oxygen atoms in total. The molecule has 1 amide bonds. The van der Waals surface area contributed by atoms with Crippen LogP contribution in [-0.2, 0) is 0 Å². The number of hydrogen-bond donors (Lipinski definition) is 1. The molecule has 0 atom stereocenters. The smallest absolute Gasteiger partial charge is 0.257 e. The first-order chi connectivity index (χ1) is 8.56. The highest BCUT2D eigenvalue weighted by Crippen LogP contribution is 2.20. The standard InChI is InChI=1S/C13H10BrFN2O/c1-8-4-10(14)2-3-12(8)17-13(18)9-5-11(15)7-16-6-9/h2-7H,1H3,(H,17,18). The van der Waals surface area contributed by atoms with E-state index in [-0.39, 0.29) is 11.5 Å². The number of nitrogens with one attached hydrogen (secondary N) is 1. The average Bonchev–Trinajstić information content (AvgIpc) is 2.32. The Morgan fingerprint density at radius 1 is 1.33 bits per heavy atom. The molecule has 0 fully saturated rings. The van der Waals surface area contributed by atoms with Gasteiger partial charge in [-0.1, -0.05) is 15.9 Å². The van der Waals surface area contributed by atoms with E-state index in [1.54, 1.807) is 6.07 Å². The summed E-state index contributed by atoms with van der Waals surface area (Å²) >= 11 is 3.34. The van der Waals surface area contributed by atoms with Crippen LogP contribution in [-0.4, -0.2) is 10.9 Å². The molecule has 2 aromatic rings. The Hall–Kier alpha value is -1.75. The molecule has 0 saturated heterocycles. The van der Waals surface area contributed by atoms with E-state index in [9.17, 15) is 9.18 Å². The van der Waals surface area contributed by atoms with Crippen LogP contribution in [0.4, 0.5) is 10.1 Å². The molecule has 0 spiro atoms. The van der Waals surface area contributed by atoms with Crippen LogP contribution < -0.4 is 5.32 Å². The van der Waals surface area contributed by atoms with Crippen molar-refractivity contribution in [2.45, 2.75) is 6.92 Å². The molecule has 0 saturated carbocycles. The first-order valence-corrected chi connectivity index (χ1v) is 6.03. The fourth-order valence-corrected chi connectivity index (χ4v) is 1.97. The maximum atomic E-state index is 12.9. The van der Waals surface area contributed by atoms with Gasteiger partial charge < -0.3 is 5.32 Å². The first-order valence-electron chi connectivity index (χ1n) is 5.24. The Morgan fingerprint density at radius 2 is 2.11 bits per heavy atom. The zero-order chi connectivity index (χ0) is 13.1.